The van der Waals surface area contributed by atoms with Gasteiger partial charge in [0.1, 0.15) is 9.84 Å². The molecule has 0 N–H and O–H groups in total. The van der Waals surface area contributed by atoms with Gasteiger partial charge in [-0.3, -0.25) is 9.48 Å². The first-order chi connectivity index (χ1) is 9.83. The van der Waals surface area contributed by atoms with Gasteiger partial charge in [-0.2, -0.15) is 27.1 Å². The minimum absolute atomic E-state index is 0.299. The minimum Gasteiger partial charge on any atom is -0.287 e. The molecule has 0 bridgehead atoms. The topological polar surface area (TPSA) is 69.0 Å². The maximum absolute atomic E-state index is 13.4. The fourth-order valence-corrected chi connectivity index (χ4v) is 2.70. The highest BCUT2D eigenvalue weighted by molar-refractivity contribution is 7.90. The molecule has 0 radical (unpaired) electrons. The third-order valence-electron chi connectivity index (χ3n) is 3.24. The SMILES string of the molecule is CS(=O)(=O)CCn1nc(C(F)(F)F)c2c1CCC(F)(F)C2=O. The molecule has 1 aliphatic carbocycles. The van der Waals surface area contributed by atoms with Gasteiger partial charge in [0.2, 0.25) is 5.78 Å². The zero-order valence-corrected chi connectivity index (χ0v) is 12.1. The number of aromatic nitrogens is 2. The summed E-state index contributed by atoms with van der Waals surface area (Å²) >= 11 is 0. The lowest BCUT2D eigenvalue weighted by molar-refractivity contribution is -0.142. The zero-order valence-electron chi connectivity index (χ0n) is 11.2. The maximum atomic E-state index is 13.4. The molecule has 0 unspecified atom stereocenters. The van der Waals surface area contributed by atoms with E-state index in [9.17, 15) is 35.2 Å². The molecule has 0 atom stereocenters. The number of halogens is 5. The highest BCUT2D eigenvalue weighted by Gasteiger charge is 2.51. The summed E-state index contributed by atoms with van der Waals surface area (Å²) < 4.78 is 88.3. The number of carbonyl (C=O) groups excluding carboxylic acids is 1. The van der Waals surface area contributed by atoms with Gasteiger partial charge in [-0.05, 0) is 6.42 Å². The largest absolute Gasteiger partial charge is 0.435 e. The van der Waals surface area contributed by atoms with Crippen LogP contribution in [0.2, 0.25) is 0 Å². The van der Waals surface area contributed by atoms with E-state index >= 15 is 0 Å². The van der Waals surface area contributed by atoms with Crippen molar-refractivity contribution in [1.29, 1.82) is 0 Å². The van der Waals surface area contributed by atoms with E-state index in [0.29, 0.717) is 4.68 Å². The molecular formula is C11H11F5N2O3S. The highest BCUT2D eigenvalue weighted by Crippen LogP contribution is 2.40. The molecule has 1 aliphatic rings. The molecule has 1 aromatic heterocycles. The number of nitrogens with zero attached hydrogens (tertiary/aromatic N) is 2. The number of hydrogen-bond donors (Lipinski definition) is 0. The number of hydrogen-bond acceptors (Lipinski definition) is 4. The second-order valence-corrected chi connectivity index (χ2v) is 7.31. The van der Waals surface area contributed by atoms with E-state index < -0.39 is 64.1 Å². The number of rotatable bonds is 3. The Bertz CT molecular complexity index is 721. The van der Waals surface area contributed by atoms with Gasteiger partial charge in [0.15, 0.2) is 5.69 Å². The summed E-state index contributed by atoms with van der Waals surface area (Å²) in [4.78, 5) is 11.6. The van der Waals surface area contributed by atoms with Gasteiger partial charge in [-0.15, -0.1) is 0 Å². The van der Waals surface area contributed by atoms with Crippen molar-refractivity contribution in [3.8, 4) is 0 Å². The molecule has 0 fully saturated rings. The van der Waals surface area contributed by atoms with Gasteiger partial charge < -0.3 is 0 Å². The van der Waals surface area contributed by atoms with Gasteiger partial charge in [-0.25, -0.2) is 8.42 Å². The third kappa shape index (κ3) is 3.13. The van der Waals surface area contributed by atoms with E-state index in [1.54, 1.807) is 0 Å². The Balaban J connectivity index is 2.54. The van der Waals surface area contributed by atoms with Crippen LogP contribution in [0.4, 0.5) is 22.0 Å². The Kier molecular flexibility index (Phi) is 3.83. The van der Waals surface area contributed by atoms with E-state index in [2.05, 4.69) is 5.10 Å². The molecule has 2 rings (SSSR count). The molecule has 0 spiro atoms. The third-order valence-corrected chi connectivity index (χ3v) is 4.16. The average Bonchev–Trinajstić information content (AvgIpc) is 2.70. The lowest BCUT2D eigenvalue weighted by atomic mass is 9.91. The van der Waals surface area contributed by atoms with Crippen molar-refractivity contribution in [3.05, 3.63) is 17.0 Å². The maximum Gasteiger partial charge on any atom is 0.435 e. The van der Waals surface area contributed by atoms with Crippen molar-refractivity contribution in [3.63, 3.8) is 0 Å². The predicted octanol–water partition coefficient (Wildman–Crippen LogP) is 1.71. The van der Waals surface area contributed by atoms with Crippen LogP contribution in [-0.4, -0.2) is 41.9 Å². The quantitative estimate of drug-likeness (QED) is 0.782. The molecule has 1 aromatic rings. The number of aryl methyl sites for hydroxylation is 1. The number of fused-ring (bicyclic) bond motifs is 1. The summed E-state index contributed by atoms with van der Waals surface area (Å²) in [5.41, 5.74) is -3.15. The Morgan fingerprint density at radius 3 is 2.41 bits per heavy atom. The Labute approximate surface area is 122 Å². The van der Waals surface area contributed by atoms with Crippen LogP contribution in [-0.2, 0) is 29.0 Å². The second kappa shape index (κ2) is 5.00. The minimum atomic E-state index is -5.08. The molecule has 0 aromatic carbocycles. The summed E-state index contributed by atoms with van der Waals surface area (Å²) in [6.07, 6.45) is -5.61. The van der Waals surface area contributed by atoms with Crippen molar-refractivity contribution < 1.29 is 35.2 Å². The number of ketones is 1. The summed E-state index contributed by atoms with van der Waals surface area (Å²) in [7, 11) is -3.49. The van der Waals surface area contributed by atoms with E-state index in [1.807, 2.05) is 0 Å². The van der Waals surface area contributed by atoms with Gasteiger partial charge in [0.05, 0.1) is 23.6 Å². The first-order valence-electron chi connectivity index (χ1n) is 6.10. The van der Waals surface area contributed by atoms with E-state index in [-0.39, 0.29) is 5.69 Å². The first kappa shape index (κ1) is 16.8. The van der Waals surface area contributed by atoms with Crippen LogP contribution in [0.15, 0.2) is 0 Å². The molecule has 124 valence electrons. The highest BCUT2D eigenvalue weighted by atomic mass is 32.2. The van der Waals surface area contributed by atoms with Gasteiger partial charge >= 0.3 is 12.1 Å². The van der Waals surface area contributed by atoms with Crippen molar-refractivity contribution in [2.24, 2.45) is 0 Å². The monoisotopic (exact) mass is 346 g/mol. The Morgan fingerprint density at radius 1 is 1.32 bits per heavy atom. The Morgan fingerprint density at radius 2 is 1.91 bits per heavy atom. The molecule has 1 heterocycles. The number of alkyl halides is 5. The fraction of sp³-hybridized carbons (Fsp3) is 0.636. The summed E-state index contributed by atoms with van der Waals surface area (Å²) in [6.45, 7) is -0.434. The van der Waals surface area contributed by atoms with Gasteiger partial charge in [0, 0.05) is 12.7 Å². The molecule has 0 saturated carbocycles. The molecule has 0 saturated heterocycles. The molecule has 22 heavy (non-hydrogen) atoms. The van der Waals surface area contributed by atoms with Crippen molar-refractivity contribution in [2.45, 2.75) is 31.5 Å². The lowest BCUT2D eigenvalue weighted by Crippen LogP contribution is -2.35. The molecular weight excluding hydrogens is 335 g/mol. The van der Waals surface area contributed by atoms with Crippen molar-refractivity contribution in [1.82, 2.24) is 9.78 Å². The van der Waals surface area contributed by atoms with Crippen LogP contribution in [0.1, 0.15) is 28.2 Å². The van der Waals surface area contributed by atoms with Crippen LogP contribution in [0.25, 0.3) is 0 Å². The molecule has 0 amide bonds. The van der Waals surface area contributed by atoms with Crippen LogP contribution >= 0.6 is 0 Å². The Hall–Kier alpha value is -1.52. The van der Waals surface area contributed by atoms with E-state index in [1.165, 1.54) is 0 Å². The second-order valence-electron chi connectivity index (χ2n) is 5.05. The normalized spacial score (nSPS) is 18.4. The fourth-order valence-electron chi connectivity index (χ4n) is 2.20. The zero-order chi connectivity index (χ0) is 16.9. The summed E-state index contributed by atoms with van der Waals surface area (Å²) in [5.74, 6) is -6.31. The summed E-state index contributed by atoms with van der Waals surface area (Å²) in [5, 5.41) is 3.16. The molecule has 5 nitrogen and oxygen atoms in total. The smallest absolute Gasteiger partial charge is 0.287 e. The first-order valence-corrected chi connectivity index (χ1v) is 8.16. The van der Waals surface area contributed by atoms with Gasteiger partial charge in [0.25, 0.3) is 0 Å². The number of sulfone groups is 1. The van der Waals surface area contributed by atoms with E-state index in [0.717, 1.165) is 6.26 Å². The summed E-state index contributed by atoms with van der Waals surface area (Å²) in [6, 6.07) is 0. The van der Waals surface area contributed by atoms with Crippen molar-refractivity contribution in [2.75, 3.05) is 12.0 Å². The average molecular weight is 346 g/mol. The molecule has 11 heteroatoms. The van der Waals surface area contributed by atoms with Crippen LogP contribution in [0.5, 0.6) is 0 Å². The van der Waals surface area contributed by atoms with Crippen molar-refractivity contribution >= 4 is 15.6 Å². The van der Waals surface area contributed by atoms with E-state index in [4.69, 9.17) is 0 Å². The molecule has 0 aliphatic heterocycles. The lowest BCUT2D eigenvalue weighted by Gasteiger charge is -2.21. The standard InChI is InChI=1S/C11H11F5N2O3S/c1-22(20,21)5-4-18-6-2-3-10(12,13)9(19)7(6)8(17-18)11(14,15)16/h2-5H2,1H3. The van der Waals surface area contributed by atoms with Crippen LogP contribution in [0.3, 0.4) is 0 Å². The number of carbonyl (C=O) groups is 1. The number of Topliss-reactive ketones (excluding diaryl/α,β-unsaturated/α-hetero) is 1. The van der Waals surface area contributed by atoms with Crippen LogP contribution < -0.4 is 0 Å². The van der Waals surface area contributed by atoms with Gasteiger partial charge in [-0.1, -0.05) is 0 Å². The van der Waals surface area contributed by atoms with Crippen LogP contribution in [0, 0.1) is 0 Å². The predicted molar refractivity (Wildman–Crippen MR) is 64.5 cm³/mol.